The predicted octanol–water partition coefficient (Wildman–Crippen LogP) is 1.79. The second-order valence-corrected chi connectivity index (χ2v) is 3.91. The van der Waals surface area contributed by atoms with Gasteiger partial charge in [0.25, 0.3) is 0 Å². The van der Waals surface area contributed by atoms with Crippen LogP contribution in [0.3, 0.4) is 0 Å². The highest BCUT2D eigenvalue weighted by molar-refractivity contribution is 5.35. The Bertz CT molecular complexity index is 322. The molecular formula is C12H16N2O2. The molecule has 0 spiro atoms. The first kappa shape index (κ1) is 12.7. The van der Waals surface area contributed by atoms with E-state index in [1.165, 1.54) is 0 Å². The highest BCUT2D eigenvalue weighted by atomic mass is 16.5. The number of ether oxygens (including phenoxy) is 2. The molecule has 1 fully saturated rings. The maximum Gasteiger partial charge on any atom is 0.126 e. The Kier molecular flexibility index (Phi) is 4.98. The van der Waals surface area contributed by atoms with Crippen LogP contribution in [0.1, 0.15) is 19.3 Å². The summed E-state index contributed by atoms with van der Waals surface area (Å²) in [6, 6.07) is 3.76. The maximum atomic E-state index is 8.73. The van der Waals surface area contributed by atoms with Gasteiger partial charge in [-0.2, -0.15) is 10.5 Å². The van der Waals surface area contributed by atoms with Crippen molar-refractivity contribution in [2.75, 3.05) is 14.2 Å². The summed E-state index contributed by atoms with van der Waals surface area (Å²) in [4.78, 5) is 0. The van der Waals surface area contributed by atoms with Crippen molar-refractivity contribution < 1.29 is 9.47 Å². The summed E-state index contributed by atoms with van der Waals surface area (Å²) in [5, 5.41) is 17.5. The standard InChI is InChI=1S/C12H16N2O2/c1-15-11-3-4-12(16-2)10(6-11)5-9(7-13)8-14/h5,10-12H,3-4,6H2,1-2H3. The van der Waals surface area contributed by atoms with Gasteiger partial charge in [-0.1, -0.05) is 6.08 Å². The van der Waals surface area contributed by atoms with Crippen LogP contribution in [-0.2, 0) is 9.47 Å². The molecule has 0 radical (unpaired) electrons. The van der Waals surface area contributed by atoms with Gasteiger partial charge in [0, 0.05) is 20.1 Å². The number of nitrogens with zero attached hydrogens (tertiary/aromatic N) is 2. The lowest BCUT2D eigenvalue weighted by atomic mass is 9.83. The fourth-order valence-electron chi connectivity index (χ4n) is 2.13. The Morgan fingerprint density at radius 2 is 1.88 bits per heavy atom. The van der Waals surface area contributed by atoms with Crippen LogP contribution in [0.2, 0.25) is 0 Å². The van der Waals surface area contributed by atoms with E-state index in [4.69, 9.17) is 20.0 Å². The first-order valence-corrected chi connectivity index (χ1v) is 5.32. The Hall–Kier alpha value is -1.36. The van der Waals surface area contributed by atoms with Crippen molar-refractivity contribution in [3.63, 3.8) is 0 Å². The maximum absolute atomic E-state index is 8.73. The van der Waals surface area contributed by atoms with E-state index in [-0.39, 0.29) is 23.7 Å². The first-order chi connectivity index (χ1) is 7.74. The smallest absolute Gasteiger partial charge is 0.126 e. The van der Waals surface area contributed by atoms with Crippen LogP contribution >= 0.6 is 0 Å². The minimum absolute atomic E-state index is 0.0862. The van der Waals surface area contributed by atoms with Crippen molar-refractivity contribution in [3.05, 3.63) is 11.6 Å². The summed E-state index contributed by atoms with van der Waals surface area (Å²) in [6.07, 6.45) is 4.67. The second kappa shape index (κ2) is 6.27. The molecule has 0 amide bonds. The summed E-state index contributed by atoms with van der Waals surface area (Å²) in [7, 11) is 3.35. The molecule has 0 aromatic carbocycles. The van der Waals surface area contributed by atoms with Gasteiger partial charge in [-0.3, -0.25) is 0 Å². The van der Waals surface area contributed by atoms with E-state index in [2.05, 4.69) is 0 Å². The van der Waals surface area contributed by atoms with Gasteiger partial charge in [-0.15, -0.1) is 0 Å². The predicted molar refractivity (Wildman–Crippen MR) is 58.2 cm³/mol. The van der Waals surface area contributed by atoms with Gasteiger partial charge in [-0.05, 0) is 19.3 Å². The van der Waals surface area contributed by atoms with Crippen LogP contribution < -0.4 is 0 Å². The normalized spacial score (nSPS) is 28.9. The van der Waals surface area contributed by atoms with Gasteiger partial charge < -0.3 is 9.47 Å². The number of hydrogen-bond acceptors (Lipinski definition) is 4. The SMILES string of the molecule is COC1CCC(OC)C(C=C(C#N)C#N)C1. The number of allylic oxidation sites excluding steroid dienone is 1. The fourth-order valence-corrected chi connectivity index (χ4v) is 2.13. The Balaban J connectivity index is 2.77. The lowest BCUT2D eigenvalue weighted by Gasteiger charge is -2.32. The summed E-state index contributed by atoms with van der Waals surface area (Å²) >= 11 is 0. The molecule has 1 aliphatic rings. The molecule has 3 unspecified atom stereocenters. The highest BCUT2D eigenvalue weighted by Gasteiger charge is 2.29. The van der Waals surface area contributed by atoms with Crippen molar-refractivity contribution in [3.8, 4) is 12.1 Å². The van der Waals surface area contributed by atoms with Crippen molar-refractivity contribution in [2.24, 2.45) is 5.92 Å². The zero-order valence-corrected chi connectivity index (χ0v) is 9.64. The molecule has 3 atom stereocenters. The van der Waals surface area contributed by atoms with Gasteiger partial charge in [0.1, 0.15) is 17.7 Å². The van der Waals surface area contributed by atoms with E-state index < -0.39 is 0 Å². The quantitative estimate of drug-likeness (QED) is 0.680. The van der Waals surface area contributed by atoms with Gasteiger partial charge in [-0.25, -0.2) is 0 Å². The molecule has 0 bridgehead atoms. The monoisotopic (exact) mass is 220 g/mol. The molecule has 0 heterocycles. The lowest BCUT2D eigenvalue weighted by molar-refractivity contribution is -0.0198. The molecule has 0 aromatic rings. The largest absolute Gasteiger partial charge is 0.381 e. The summed E-state index contributed by atoms with van der Waals surface area (Å²) in [5.74, 6) is 0.0954. The van der Waals surface area contributed by atoms with E-state index in [0.29, 0.717) is 0 Å². The van der Waals surface area contributed by atoms with Crippen molar-refractivity contribution in [2.45, 2.75) is 31.5 Å². The molecule has 0 N–H and O–H groups in total. The summed E-state index contributed by atoms with van der Waals surface area (Å²) in [6.45, 7) is 0. The summed E-state index contributed by atoms with van der Waals surface area (Å²) < 4.78 is 10.7. The third kappa shape index (κ3) is 3.06. The molecular weight excluding hydrogens is 204 g/mol. The third-order valence-corrected chi connectivity index (χ3v) is 3.04. The topological polar surface area (TPSA) is 66.0 Å². The zero-order valence-electron chi connectivity index (χ0n) is 9.64. The molecule has 0 aromatic heterocycles. The van der Waals surface area contributed by atoms with Crippen molar-refractivity contribution in [1.29, 1.82) is 10.5 Å². The number of methoxy groups -OCH3 is 2. The van der Waals surface area contributed by atoms with E-state index in [9.17, 15) is 0 Å². The number of hydrogen-bond donors (Lipinski definition) is 0. The minimum atomic E-state index is 0.0862. The number of rotatable bonds is 3. The molecule has 0 aliphatic heterocycles. The number of nitriles is 2. The van der Waals surface area contributed by atoms with Crippen molar-refractivity contribution in [1.82, 2.24) is 0 Å². The molecule has 1 aliphatic carbocycles. The molecule has 16 heavy (non-hydrogen) atoms. The highest BCUT2D eigenvalue weighted by Crippen LogP contribution is 2.30. The van der Waals surface area contributed by atoms with E-state index >= 15 is 0 Å². The Morgan fingerprint density at radius 1 is 1.19 bits per heavy atom. The van der Waals surface area contributed by atoms with E-state index in [1.807, 2.05) is 12.1 Å². The second-order valence-electron chi connectivity index (χ2n) is 3.91. The van der Waals surface area contributed by atoms with Gasteiger partial charge >= 0.3 is 0 Å². The Morgan fingerprint density at radius 3 is 2.38 bits per heavy atom. The summed E-state index contributed by atoms with van der Waals surface area (Å²) in [5.41, 5.74) is 0.156. The molecule has 0 saturated heterocycles. The van der Waals surface area contributed by atoms with E-state index in [0.717, 1.165) is 19.3 Å². The van der Waals surface area contributed by atoms with Gasteiger partial charge in [0.05, 0.1) is 12.2 Å². The molecule has 1 rings (SSSR count). The Labute approximate surface area is 96.1 Å². The lowest BCUT2D eigenvalue weighted by Crippen LogP contribution is -2.33. The average molecular weight is 220 g/mol. The molecule has 1 saturated carbocycles. The van der Waals surface area contributed by atoms with Crippen molar-refractivity contribution >= 4 is 0 Å². The van der Waals surface area contributed by atoms with Crippen LogP contribution in [0.15, 0.2) is 11.6 Å². The van der Waals surface area contributed by atoms with Gasteiger partial charge in [0.15, 0.2) is 0 Å². The van der Waals surface area contributed by atoms with Crippen LogP contribution in [0.4, 0.5) is 0 Å². The molecule has 4 nitrogen and oxygen atoms in total. The zero-order chi connectivity index (χ0) is 12.0. The minimum Gasteiger partial charge on any atom is -0.381 e. The van der Waals surface area contributed by atoms with Crippen LogP contribution in [0.25, 0.3) is 0 Å². The van der Waals surface area contributed by atoms with Crippen LogP contribution in [-0.4, -0.2) is 26.4 Å². The third-order valence-electron chi connectivity index (χ3n) is 3.04. The van der Waals surface area contributed by atoms with Gasteiger partial charge in [0.2, 0.25) is 0 Å². The fraction of sp³-hybridized carbons (Fsp3) is 0.667. The van der Waals surface area contributed by atoms with E-state index in [1.54, 1.807) is 20.3 Å². The first-order valence-electron chi connectivity index (χ1n) is 5.32. The van der Waals surface area contributed by atoms with Crippen LogP contribution in [0.5, 0.6) is 0 Å². The molecule has 86 valence electrons. The molecule has 4 heteroatoms. The average Bonchev–Trinajstić information content (AvgIpc) is 2.35. The van der Waals surface area contributed by atoms with Crippen LogP contribution in [0, 0.1) is 28.6 Å².